The third kappa shape index (κ3) is 3.95. The van der Waals surface area contributed by atoms with Crippen LogP contribution in [-0.2, 0) is 13.0 Å². The number of aromatic nitrogens is 2. The maximum Gasteiger partial charge on any atom is 0.251 e. The van der Waals surface area contributed by atoms with Gasteiger partial charge in [-0.3, -0.25) is 14.5 Å². The average molecular weight is 418 g/mol. The number of nitrogens with zero attached hydrogens (tertiary/aromatic N) is 2. The maximum absolute atomic E-state index is 12.9. The van der Waals surface area contributed by atoms with Crippen LogP contribution in [0.5, 0.6) is 5.75 Å². The molecule has 0 unspecified atom stereocenters. The van der Waals surface area contributed by atoms with Crippen LogP contribution in [0.25, 0.3) is 0 Å². The Labute approximate surface area is 181 Å². The van der Waals surface area contributed by atoms with Crippen LogP contribution in [0.4, 0.5) is 0 Å². The highest BCUT2D eigenvalue weighted by molar-refractivity contribution is 5.30. The fourth-order valence-electron chi connectivity index (χ4n) is 5.37. The van der Waals surface area contributed by atoms with Gasteiger partial charge >= 0.3 is 0 Å². The summed E-state index contributed by atoms with van der Waals surface area (Å²) in [4.78, 5) is 29.5. The molecule has 31 heavy (non-hydrogen) atoms. The summed E-state index contributed by atoms with van der Waals surface area (Å²) in [5, 5.41) is 0. The number of ether oxygens (including phenoxy) is 1. The van der Waals surface area contributed by atoms with Crippen LogP contribution >= 0.6 is 0 Å². The van der Waals surface area contributed by atoms with Gasteiger partial charge in [-0.1, -0.05) is 24.3 Å². The molecule has 0 amide bonds. The summed E-state index contributed by atoms with van der Waals surface area (Å²) in [5.74, 6) is 1.58. The molecular formula is C25H27N3O3. The van der Waals surface area contributed by atoms with Crippen LogP contribution < -0.4 is 15.9 Å². The molecule has 1 saturated heterocycles. The van der Waals surface area contributed by atoms with E-state index in [1.54, 1.807) is 25.4 Å². The van der Waals surface area contributed by atoms with E-state index < -0.39 is 0 Å². The number of pyridine rings is 2. The minimum atomic E-state index is -0.0779. The van der Waals surface area contributed by atoms with Crippen LogP contribution in [0, 0.1) is 5.92 Å². The Hall–Kier alpha value is -3.12. The Morgan fingerprint density at radius 2 is 1.90 bits per heavy atom. The highest BCUT2D eigenvalue weighted by Crippen LogP contribution is 2.42. The van der Waals surface area contributed by atoms with Gasteiger partial charge in [-0.2, -0.15) is 0 Å². The van der Waals surface area contributed by atoms with Crippen molar-refractivity contribution in [2.45, 2.75) is 31.3 Å². The van der Waals surface area contributed by atoms with Crippen LogP contribution in [0.15, 0.2) is 70.4 Å². The van der Waals surface area contributed by atoms with E-state index in [-0.39, 0.29) is 17.2 Å². The molecule has 2 aromatic heterocycles. The first-order chi connectivity index (χ1) is 15.1. The monoisotopic (exact) mass is 417 g/mol. The number of piperidine rings is 1. The van der Waals surface area contributed by atoms with E-state index in [2.05, 4.69) is 32.7 Å². The van der Waals surface area contributed by atoms with Gasteiger partial charge in [-0.15, -0.1) is 0 Å². The van der Waals surface area contributed by atoms with Gasteiger partial charge in [0.25, 0.3) is 5.56 Å². The molecule has 2 bridgehead atoms. The number of fused-ring (bicyclic) bond motifs is 4. The zero-order chi connectivity index (χ0) is 21.4. The summed E-state index contributed by atoms with van der Waals surface area (Å²) in [6, 6.07) is 17.4. The summed E-state index contributed by atoms with van der Waals surface area (Å²) in [6.45, 7) is 2.66. The van der Waals surface area contributed by atoms with Crippen molar-refractivity contribution in [3.63, 3.8) is 0 Å². The second kappa shape index (κ2) is 8.19. The summed E-state index contributed by atoms with van der Waals surface area (Å²) in [7, 11) is 1.68. The smallest absolute Gasteiger partial charge is 0.251 e. The number of aromatic amines is 1. The first-order valence-electron chi connectivity index (χ1n) is 10.8. The molecule has 2 aliphatic rings. The molecule has 3 aromatic rings. The van der Waals surface area contributed by atoms with E-state index in [9.17, 15) is 9.59 Å². The van der Waals surface area contributed by atoms with Crippen LogP contribution in [0.2, 0.25) is 0 Å². The van der Waals surface area contributed by atoms with Gasteiger partial charge in [0.1, 0.15) is 5.75 Å². The average Bonchev–Trinajstić information content (AvgIpc) is 2.78. The predicted molar refractivity (Wildman–Crippen MR) is 120 cm³/mol. The zero-order valence-corrected chi connectivity index (χ0v) is 17.7. The quantitative estimate of drug-likeness (QED) is 0.693. The Balaban J connectivity index is 1.47. The van der Waals surface area contributed by atoms with E-state index >= 15 is 0 Å². The Bertz CT molecular complexity index is 1180. The Kier molecular flexibility index (Phi) is 5.24. The third-order valence-electron chi connectivity index (χ3n) is 6.71. The molecule has 0 aliphatic carbocycles. The van der Waals surface area contributed by atoms with Crippen molar-refractivity contribution in [3.8, 4) is 5.75 Å². The molecule has 0 spiro atoms. The lowest BCUT2D eigenvalue weighted by Crippen LogP contribution is -2.49. The lowest BCUT2D eigenvalue weighted by molar-refractivity contribution is 0.0852. The molecule has 3 atom stereocenters. The predicted octanol–water partition coefficient (Wildman–Crippen LogP) is 2.95. The molecule has 2 aliphatic heterocycles. The van der Waals surface area contributed by atoms with Crippen LogP contribution in [0.3, 0.4) is 0 Å². The SMILES string of the molecule is COc1cccc(C[C@H]2[C@H]3C[C@H](CN(Cc4ccc(=O)[nH]c4)C3)c3cccc(=O)n32)c1. The van der Waals surface area contributed by atoms with Gasteiger partial charge < -0.3 is 14.3 Å². The van der Waals surface area contributed by atoms with Crippen molar-refractivity contribution in [2.24, 2.45) is 5.92 Å². The molecule has 6 nitrogen and oxygen atoms in total. The number of hydrogen-bond acceptors (Lipinski definition) is 4. The number of rotatable bonds is 5. The van der Waals surface area contributed by atoms with Crippen LogP contribution in [-0.4, -0.2) is 34.7 Å². The summed E-state index contributed by atoms with van der Waals surface area (Å²) in [6.07, 6.45) is 3.71. The first-order valence-corrected chi connectivity index (χ1v) is 10.8. The minimum Gasteiger partial charge on any atom is -0.497 e. The van der Waals surface area contributed by atoms with E-state index in [1.165, 1.54) is 5.56 Å². The van der Waals surface area contributed by atoms with Gasteiger partial charge in [0.15, 0.2) is 0 Å². The fourth-order valence-corrected chi connectivity index (χ4v) is 5.37. The van der Waals surface area contributed by atoms with E-state index in [0.717, 1.165) is 49.5 Å². The number of nitrogens with one attached hydrogen (secondary N) is 1. The topological polar surface area (TPSA) is 67.3 Å². The molecule has 1 aromatic carbocycles. The largest absolute Gasteiger partial charge is 0.497 e. The summed E-state index contributed by atoms with van der Waals surface area (Å²) in [5.41, 5.74) is 3.44. The fraction of sp³-hybridized carbons (Fsp3) is 0.360. The van der Waals surface area contributed by atoms with E-state index in [0.29, 0.717) is 11.8 Å². The molecule has 1 fully saturated rings. The normalized spacial score (nSPS) is 22.7. The number of H-pyrrole nitrogens is 1. The van der Waals surface area contributed by atoms with Crippen molar-refractivity contribution in [3.05, 3.63) is 98.3 Å². The van der Waals surface area contributed by atoms with Crippen molar-refractivity contribution < 1.29 is 4.74 Å². The molecule has 1 N–H and O–H groups in total. The number of benzene rings is 1. The zero-order valence-electron chi connectivity index (χ0n) is 17.7. The lowest BCUT2D eigenvalue weighted by Gasteiger charge is -2.47. The number of likely N-dealkylation sites (tertiary alicyclic amines) is 1. The van der Waals surface area contributed by atoms with Gasteiger partial charge in [-0.05, 0) is 48.1 Å². The van der Waals surface area contributed by atoms with E-state index in [1.807, 2.05) is 24.3 Å². The molecular weight excluding hydrogens is 390 g/mol. The van der Waals surface area contributed by atoms with E-state index in [4.69, 9.17) is 4.74 Å². The second-order valence-electron chi connectivity index (χ2n) is 8.73. The maximum atomic E-state index is 12.9. The van der Waals surface area contributed by atoms with Gasteiger partial charge in [0, 0.05) is 55.6 Å². The summed E-state index contributed by atoms with van der Waals surface area (Å²) < 4.78 is 7.46. The van der Waals surface area contributed by atoms with Crippen molar-refractivity contribution in [1.29, 1.82) is 0 Å². The third-order valence-corrected chi connectivity index (χ3v) is 6.71. The van der Waals surface area contributed by atoms with Gasteiger partial charge in [0.05, 0.1) is 7.11 Å². The Morgan fingerprint density at radius 3 is 2.71 bits per heavy atom. The molecule has 0 saturated carbocycles. The molecule has 160 valence electrons. The highest BCUT2D eigenvalue weighted by Gasteiger charge is 2.40. The number of hydrogen-bond donors (Lipinski definition) is 1. The lowest BCUT2D eigenvalue weighted by atomic mass is 9.76. The minimum absolute atomic E-state index is 0.0779. The number of methoxy groups -OCH3 is 1. The molecule has 4 heterocycles. The molecule has 5 rings (SSSR count). The highest BCUT2D eigenvalue weighted by atomic mass is 16.5. The Morgan fingerprint density at radius 1 is 1.03 bits per heavy atom. The van der Waals surface area contributed by atoms with Crippen molar-refractivity contribution >= 4 is 0 Å². The summed E-state index contributed by atoms with van der Waals surface area (Å²) >= 11 is 0. The van der Waals surface area contributed by atoms with Crippen molar-refractivity contribution in [2.75, 3.05) is 20.2 Å². The molecule has 6 heteroatoms. The van der Waals surface area contributed by atoms with Gasteiger partial charge in [-0.25, -0.2) is 0 Å². The standard InChI is InChI=1S/C25H27N3O3/c1-31-21-5-2-4-17(10-21)11-23-20-12-19(22-6-3-7-25(30)28(22)23)15-27(16-20)14-18-8-9-24(29)26-13-18/h2-10,13,19-20,23H,11-12,14-16H2,1H3,(H,26,29)/t19-,20+,23+/m1/s1. The second-order valence-corrected chi connectivity index (χ2v) is 8.73. The van der Waals surface area contributed by atoms with Crippen molar-refractivity contribution in [1.82, 2.24) is 14.5 Å². The molecule has 0 radical (unpaired) electrons. The van der Waals surface area contributed by atoms with Crippen LogP contribution in [0.1, 0.15) is 35.2 Å². The van der Waals surface area contributed by atoms with Gasteiger partial charge in [0.2, 0.25) is 5.56 Å². The first kappa shape index (κ1) is 19.8.